The van der Waals surface area contributed by atoms with Crippen molar-refractivity contribution < 1.29 is 0 Å². The van der Waals surface area contributed by atoms with Crippen LogP contribution in [0.5, 0.6) is 0 Å². The predicted octanol–water partition coefficient (Wildman–Crippen LogP) is 3.87. The maximum absolute atomic E-state index is 5.74. The first kappa shape index (κ1) is 13.2. The molecule has 1 heteroatoms. The van der Waals surface area contributed by atoms with Gasteiger partial charge in [-0.1, -0.05) is 43.9 Å². The minimum Gasteiger partial charge on any atom is -0.399 e. The Hall–Kier alpha value is -2.20. The summed E-state index contributed by atoms with van der Waals surface area (Å²) in [5.74, 6) is 7.01. The lowest BCUT2D eigenvalue weighted by atomic mass is 10.0. The number of benzene rings is 2. The lowest BCUT2D eigenvalue weighted by Gasteiger charge is -2.04. The molecule has 0 unspecified atom stereocenters. The van der Waals surface area contributed by atoms with Crippen LogP contribution in [0, 0.1) is 17.8 Å². The fraction of sp³-hybridized carbons (Fsp3) is 0.222. The van der Waals surface area contributed by atoms with Gasteiger partial charge in [-0.15, -0.1) is 0 Å². The highest BCUT2D eigenvalue weighted by atomic mass is 14.5. The van der Waals surface area contributed by atoms with Crippen molar-refractivity contribution in [3.63, 3.8) is 0 Å². The summed E-state index contributed by atoms with van der Waals surface area (Å²) in [6.07, 6.45) is 1.09. The van der Waals surface area contributed by atoms with Crippen LogP contribution >= 0.6 is 0 Å². The lowest BCUT2D eigenvalue weighted by Crippen LogP contribution is -1.93. The minimum absolute atomic E-state index is 0.664. The molecule has 0 radical (unpaired) electrons. The molecule has 0 fully saturated rings. The summed E-state index contributed by atoms with van der Waals surface area (Å²) in [5, 5.41) is 0. The highest BCUT2D eigenvalue weighted by Crippen LogP contribution is 2.10. The molecule has 2 aromatic rings. The van der Waals surface area contributed by atoms with Gasteiger partial charge in [0, 0.05) is 16.8 Å². The summed E-state index contributed by atoms with van der Waals surface area (Å²) in [6, 6.07) is 16.1. The molecule has 0 amide bonds. The largest absolute Gasteiger partial charge is 0.399 e. The van der Waals surface area contributed by atoms with Crippen LogP contribution in [0.25, 0.3) is 0 Å². The molecule has 0 aliphatic rings. The maximum Gasteiger partial charge on any atom is 0.0326 e. The van der Waals surface area contributed by atoms with Gasteiger partial charge in [-0.05, 0) is 48.2 Å². The van der Waals surface area contributed by atoms with Crippen LogP contribution in [-0.2, 0) is 6.42 Å². The van der Waals surface area contributed by atoms with Crippen molar-refractivity contribution in [3.8, 4) is 11.8 Å². The summed E-state index contributed by atoms with van der Waals surface area (Å²) >= 11 is 0. The van der Waals surface area contributed by atoms with E-state index in [2.05, 4.69) is 43.9 Å². The molecule has 0 aromatic heterocycles. The van der Waals surface area contributed by atoms with Crippen LogP contribution in [0.4, 0.5) is 5.69 Å². The van der Waals surface area contributed by atoms with Crippen molar-refractivity contribution in [1.29, 1.82) is 0 Å². The molecule has 1 nitrogen and oxygen atoms in total. The Morgan fingerprint density at radius 3 is 2.21 bits per heavy atom. The maximum atomic E-state index is 5.74. The lowest BCUT2D eigenvalue weighted by molar-refractivity contribution is 0.647. The van der Waals surface area contributed by atoms with Crippen LogP contribution < -0.4 is 5.73 Å². The average Bonchev–Trinajstić information content (AvgIpc) is 2.36. The highest BCUT2D eigenvalue weighted by Gasteiger charge is 1.97. The summed E-state index contributed by atoms with van der Waals surface area (Å²) in [6.45, 7) is 4.45. The number of nitrogens with two attached hydrogens (primary N) is 1. The Morgan fingerprint density at radius 2 is 1.58 bits per heavy atom. The second-order valence-electron chi connectivity index (χ2n) is 5.17. The van der Waals surface area contributed by atoms with E-state index in [1.165, 1.54) is 5.56 Å². The van der Waals surface area contributed by atoms with Crippen LogP contribution in [0.1, 0.15) is 30.5 Å². The molecule has 96 valence electrons. The number of anilines is 1. The van der Waals surface area contributed by atoms with Gasteiger partial charge < -0.3 is 5.73 Å². The first-order valence-corrected chi connectivity index (χ1v) is 6.60. The van der Waals surface area contributed by atoms with E-state index in [1.807, 2.05) is 30.3 Å². The topological polar surface area (TPSA) is 26.0 Å². The first-order chi connectivity index (χ1) is 9.13. The van der Waals surface area contributed by atoms with Gasteiger partial charge in [0.2, 0.25) is 0 Å². The first-order valence-electron chi connectivity index (χ1n) is 6.60. The zero-order chi connectivity index (χ0) is 13.7. The summed E-state index contributed by atoms with van der Waals surface area (Å²) in [5.41, 5.74) is 9.84. The van der Waals surface area contributed by atoms with Crippen molar-refractivity contribution in [2.24, 2.45) is 5.92 Å². The van der Waals surface area contributed by atoms with Crippen molar-refractivity contribution >= 4 is 5.69 Å². The molecule has 0 heterocycles. The van der Waals surface area contributed by atoms with Crippen LogP contribution in [0.3, 0.4) is 0 Å². The number of hydrogen-bond acceptors (Lipinski definition) is 1. The molecule has 0 atom stereocenters. The Bertz CT molecular complexity index is 615. The molecular weight excluding hydrogens is 230 g/mol. The van der Waals surface area contributed by atoms with E-state index in [0.29, 0.717) is 5.92 Å². The van der Waals surface area contributed by atoms with E-state index in [1.54, 1.807) is 0 Å². The van der Waals surface area contributed by atoms with E-state index in [4.69, 9.17) is 5.73 Å². The molecular formula is C18H19N. The van der Waals surface area contributed by atoms with Gasteiger partial charge in [0.1, 0.15) is 0 Å². The van der Waals surface area contributed by atoms with Gasteiger partial charge in [-0.3, -0.25) is 0 Å². The predicted molar refractivity (Wildman–Crippen MR) is 81.8 cm³/mol. The normalized spacial score (nSPS) is 10.1. The van der Waals surface area contributed by atoms with Crippen LogP contribution in [-0.4, -0.2) is 0 Å². The molecule has 0 spiro atoms. The van der Waals surface area contributed by atoms with Crippen molar-refractivity contribution in [3.05, 3.63) is 65.2 Å². The smallest absolute Gasteiger partial charge is 0.0326 e. The van der Waals surface area contributed by atoms with Crippen LogP contribution in [0.2, 0.25) is 0 Å². The zero-order valence-corrected chi connectivity index (χ0v) is 11.5. The number of nitrogen functional groups attached to an aromatic ring is 1. The van der Waals surface area contributed by atoms with Crippen molar-refractivity contribution in [2.75, 3.05) is 5.73 Å². The summed E-state index contributed by atoms with van der Waals surface area (Å²) in [4.78, 5) is 0. The summed E-state index contributed by atoms with van der Waals surface area (Å²) in [7, 11) is 0. The average molecular weight is 249 g/mol. The van der Waals surface area contributed by atoms with Gasteiger partial charge in [0.25, 0.3) is 0 Å². The fourth-order valence-corrected chi connectivity index (χ4v) is 2.01. The van der Waals surface area contributed by atoms with Gasteiger partial charge in [-0.25, -0.2) is 0 Å². The molecule has 0 aliphatic heterocycles. The second-order valence-corrected chi connectivity index (χ2v) is 5.17. The number of hydrogen-bond donors (Lipinski definition) is 1. The van der Waals surface area contributed by atoms with Crippen molar-refractivity contribution in [2.45, 2.75) is 20.3 Å². The van der Waals surface area contributed by atoms with Crippen LogP contribution in [0.15, 0.2) is 48.5 Å². The third-order valence-electron chi connectivity index (χ3n) is 2.81. The Morgan fingerprint density at radius 1 is 0.947 bits per heavy atom. The molecule has 2 aromatic carbocycles. The molecule has 0 bridgehead atoms. The highest BCUT2D eigenvalue weighted by molar-refractivity contribution is 5.49. The molecule has 0 saturated heterocycles. The van der Waals surface area contributed by atoms with Gasteiger partial charge >= 0.3 is 0 Å². The standard InChI is InChI=1S/C18H19N/c1-14(2)11-17-7-3-5-15(12-17)9-10-16-6-4-8-18(19)13-16/h3-8,12-14H,11,19H2,1-2H3. The molecule has 0 saturated carbocycles. The fourth-order valence-electron chi connectivity index (χ4n) is 2.01. The SMILES string of the molecule is CC(C)Cc1cccc(C#Cc2cccc(N)c2)c1. The molecule has 19 heavy (non-hydrogen) atoms. The van der Waals surface area contributed by atoms with E-state index in [0.717, 1.165) is 23.2 Å². The minimum atomic E-state index is 0.664. The third kappa shape index (κ3) is 4.19. The molecule has 2 N–H and O–H groups in total. The Kier molecular flexibility index (Phi) is 4.26. The Labute approximate surface area is 115 Å². The van der Waals surface area contributed by atoms with E-state index in [-0.39, 0.29) is 0 Å². The van der Waals surface area contributed by atoms with E-state index in [9.17, 15) is 0 Å². The second kappa shape index (κ2) is 6.11. The summed E-state index contributed by atoms with van der Waals surface area (Å²) < 4.78 is 0. The monoisotopic (exact) mass is 249 g/mol. The third-order valence-corrected chi connectivity index (χ3v) is 2.81. The van der Waals surface area contributed by atoms with E-state index >= 15 is 0 Å². The quantitative estimate of drug-likeness (QED) is 0.634. The van der Waals surface area contributed by atoms with Crippen molar-refractivity contribution in [1.82, 2.24) is 0 Å². The van der Waals surface area contributed by atoms with E-state index < -0.39 is 0 Å². The zero-order valence-electron chi connectivity index (χ0n) is 11.5. The Balaban J connectivity index is 2.20. The van der Waals surface area contributed by atoms with Gasteiger partial charge in [-0.2, -0.15) is 0 Å². The van der Waals surface area contributed by atoms with Gasteiger partial charge in [0.15, 0.2) is 0 Å². The molecule has 0 aliphatic carbocycles. The molecule has 2 rings (SSSR count). The van der Waals surface area contributed by atoms with Gasteiger partial charge in [0.05, 0.1) is 0 Å². The number of rotatable bonds is 2.